The molecule has 5 nitrogen and oxygen atoms in total. The summed E-state index contributed by atoms with van der Waals surface area (Å²) in [4.78, 5) is 12.1. The molecule has 118 valence electrons. The molecule has 1 amide bonds. The van der Waals surface area contributed by atoms with E-state index in [-0.39, 0.29) is 22.1 Å². The van der Waals surface area contributed by atoms with Crippen LogP contribution >= 0.6 is 0 Å². The summed E-state index contributed by atoms with van der Waals surface area (Å²) in [7, 11) is -3.38. The van der Waals surface area contributed by atoms with E-state index < -0.39 is 9.84 Å². The van der Waals surface area contributed by atoms with Crippen LogP contribution in [0.3, 0.4) is 0 Å². The number of benzene rings is 1. The van der Waals surface area contributed by atoms with Gasteiger partial charge in [0.15, 0.2) is 9.84 Å². The third-order valence-corrected chi connectivity index (χ3v) is 4.21. The van der Waals surface area contributed by atoms with Crippen LogP contribution in [-0.2, 0) is 9.84 Å². The zero-order valence-corrected chi connectivity index (χ0v) is 13.7. The number of nitrogen functional groups attached to an aromatic ring is 1. The molecule has 0 saturated heterocycles. The maximum absolute atomic E-state index is 12.0. The minimum absolute atomic E-state index is 0.0625. The number of nitrogens with one attached hydrogen (secondary N) is 1. The monoisotopic (exact) mass is 312 g/mol. The average molecular weight is 312 g/mol. The van der Waals surface area contributed by atoms with Crippen molar-refractivity contribution in [3.8, 4) is 0 Å². The van der Waals surface area contributed by atoms with Crippen LogP contribution in [0.5, 0.6) is 0 Å². The summed E-state index contributed by atoms with van der Waals surface area (Å²) in [6, 6.07) is 4.20. The Bertz CT molecular complexity index is 595. The molecule has 1 aromatic carbocycles. The lowest BCUT2D eigenvalue weighted by molar-refractivity contribution is 0.0952. The standard InChI is InChI=1S/C15H24N2O3S/c1-11(2)6-4-5-7-17-15(18)12-8-13(16)10-14(9-12)21(3,19)20/h8-11H,4-7,16H2,1-3H3,(H,17,18). The van der Waals surface area contributed by atoms with E-state index >= 15 is 0 Å². The molecule has 0 spiro atoms. The summed E-state index contributed by atoms with van der Waals surface area (Å²) in [5.74, 6) is 0.365. The minimum atomic E-state index is -3.38. The van der Waals surface area contributed by atoms with Crippen molar-refractivity contribution in [2.75, 3.05) is 18.5 Å². The van der Waals surface area contributed by atoms with Crippen molar-refractivity contribution in [2.45, 2.75) is 38.0 Å². The molecule has 0 saturated carbocycles. The van der Waals surface area contributed by atoms with Gasteiger partial charge < -0.3 is 11.1 Å². The third-order valence-electron chi connectivity index (χ3n) is 3.11. The lowest BCUT2D eigenvalue weighted by Gasteiger charge is -2.08. The first-order valence-electron chi connectivity index (χ1n) is 7.09. The Hall–Kier alpha value is -1.56. The van der Waals surface area contributed by atoms with E-state index in [2.05, 4.69) is 19.2 Å². The van der Waals surface area contributed by atoms with E-state index in [4.69, 9.17) is 5.73 Å². The van der Waals surface area contributed by atoms with Crippen LogP contribution in [0, 0.1) is 5.92 Å². The van der Waals surface area contributed by atoms with Crippen molar-refractivity contribution >= 4 is 21.4 Å². The number of rotatable bonds is 7. The molecule has 0 bridgehead atoms. The topological polar surface area (TPSA) is 89.3 Å². The predicted molar refractivity (Wildman–Crippen MR) is 85.0 cm³/mol. The molecular weight excluding hydrogens is 288 g/mol. The van der Waals surface area contributed by atoms with Gasteiger partial charge in [0, 0.05) is 24.1 Å². The highest BCUT2D eigenvalue weighted by Crippen LogP contribution is 2.16. The highest BCUT2D eigenvalue weighted by atomic mass is 32.2. The fourth-order valence-electron chi connectivity index (χ4n) is 1.95. The number of hydrogen-bond donors (Lipinski definition) is 2. The van der Waals surface area contributed by atoms with E-state index in [1.165, 1.54) is 18.2 Å². The molecule has 3 N–H and O–H groups in total. The zero-order chi connectivity index (χ0) is 16.0. The Kier molecular flexibility index (Phi) is 6.20. The van der Waals surface area contributed by atoms with Gasteiger partial charge in [0.05, 0.1) is 4.90 Å². The van der Waals surface area contributed by atoms with Gasteiger partial charge in [-0.05, 0) is 30.5 Å². The number of nitrogens with two attached hydrogens (primary N) is 1. The molecule has 0 aliphatic rings. The van der Waals surface area contributed by atoms with Gasteiger partial charge in [0.25, 0.3) is 5.91 Å². The highest BCUT2D eigenvalue weighted by Gasteiger charge is 2.13. The smallest absolute Gasteiger partial charge is 0.251 e. The first-order chi connectivity index (χ1) is 9.70. The number of carbonyl (C=O) groups is 1. The normalized spacial score (nSPS) is 11.6. The van der Waals surface area contributed by atoms with Gasteiger partial charge in [-0.2, -0.15) is 0 Å². The maximum atomic E-state index is 12.0. The molecule has 0 aromatic heterocycles. The van der Waals surface area contributed by atoms with Crippen molar-refractivity contribution in [1.82, 2.24) is 5.32 Å². The second-order valence-corrected chi connectivity index (χ2v) is 7.72. The van der Waals surface area contributed by atoms with E-state index in [9.17, 15) is 13.2 Å². The number of unbranched alkanes of at least 4 members (excludes halogenated alkanes) is 1. The van der Waals surface area contributed by atoms with Crippen LogP contribution in [0.15, 0.2) is 23.1 Å². The lowest BCUT2D eigenvalue weighted by Crippen LogP contribution is -2.24. The quantitative estimate of drug-likeness (QED) is 0.597. The Morgan fingerprint density at radius 2 is 1.90 bits per heavy atom. The number of hydrogen-bond acceptors (Lipinski definition) is 4. The van der Waals surface area contributed by atoms with Gasteiger partial charge in [-0.3, -0.25) is 4.79 Å². The summed E-state index contributed by atoms with van der Waals surface area (Å²) in [5.41, 5.74) is 6.20. The third kappa shape index (κ3) is 6.16. The van der Waals surface area contributed by atoms with Crippen molar-refractivity contribution in [3.63, 3.8) is 0 Å². The Labute approximate surface area is 126 Å². The van der Waals surface area contributed by atoms with Crippen molar-refractivity contribution in [1.29, 1.82) is 0 Å². The van der Waals surface area contributed by atoms with Gasteiger partial charge in [-0.1, -0.05) is 26.7 Å². The number of anilines is 1. The molecular formula is C15H24N2O3S. The average Bonchev–Trinajstić information content (AvgIpc) is 2.36. The van der Waals surface area contributed by atoms with Crippen LogP contribution in [0.4, 0.5) is 5.69 Å². The van der Waals surface area contributed by atoms with Gasteiger partial charge in [0.1, 0.15) is 0 Å². The van der Waals surface area contributed by atoms with E-state index in [1.54, 1.807) is 0 Å². The largest absolute Gasteiger partial charge is 0.399 e. The second kappa shape index (κ2) is 7.45. The Balaban J connectivity index is 2.64. The molecule has 0 atom stereocenters. The van der Waals surface area contributed by atoms with Crippen molar-refractivity contribution in [2.24, 2.45) is 5.92 Å². The summed E-state index contributed by atoms with van der Waals surface area (Å²) >= 11 is 0. The van der Waals surface area contributed by atoms with Crippen LogP contribution in [0.25, 0.3) is 0 Å². The molecule has 0 aliphatic heterocycles. The van der Waals surface area contributed by atoms with Crippen LogP contribution in [0.2, 0.25) is 0 Å². The summed E-state index contributed by atoms with van der Waals surface area (Å²) < 4.78 is 23.1. The fourth-order valence-corrected chi connectivity index (χ4v) is 2.64. The molecule has 1 aromatic rings. The van der Waals surface area contributed by atoms with Crippen LogP contribution in [-0.4, -0.2) is 27.1 Å². The summed E-state index contributed by atoms with van der Waals surface area (Å²) in [6.07, 6.45) is 4.19. The predicted octanol–water partition coefficient (Wildman–Crippen LogP) is 2.23. The van der Waals surface area contributed by atoms with E-state index in [0.29, 0.717) is 12.5 Å². The molecule has 21 heavy (non-hydrogen) atoms. The fraction of sp³-hybridized carbons (Fsp3) is 0.533. The summed E-state index contributed by atoms with van der Waals surface area (Å²) in [5, 5.41) is 2.79. The molecule has 6 heteroatoms. The minimum Gasteiger partial charge on any atom is -0.399 e. The molecule has 0 aliphatic carbocycles. The van der Waals surface area contributed by atoms with Gasteiger partial charge in [-0.15, -0.1) is 0 Å². The number of sulfone groups is 1. The number of carbonyl (C=O) groups excluding carboxylic acids is 1. The first-order valence-corrected chi connectivity index (χ1v) is 8.98. The zero-order valence-electron chi connectivity index (χ0n) is 12.8. The molecule has 0 unspecified atom stereocenters. The second-order valence-electron chi connectivity index (χ2n) is 5.71. The summed E-state index contributed by atoms with van der Waals surface area (Å²) in [6.45, 7) is 4.91. The maximum Gasteiger partial charge on any atom is 0.251 e. The Morgan fingerprint density at radius 3 is 2.48 bits per heavy atom. The molecule has 1 rings (SSSR count). The SMILES string of the molecule is CC(C)CCCCNC(=O)c1cc(N)cc(S(C)(=O)=O)c1. The highest BCUT2D eigenvalue weighted by molar-refractivity contribution is 7.90. The van der Waals surface area contributed by atoms with Gasteiger partial charge >= 0.3 is 0 Å². The van der Waals surface area contributed by atoms with E-state index in [0.717, 1.165) is 25.5 Å². The van der Waals surface area contributed by atoms with Gasteiger partial charge in [0.2, 0.25) is 0 Å². The van der Waals surface area contributed by atoms with Gasteiger partial charge in [-0.25, -0.2) is 8.42 Å². The first kappa shape index (κ1) is 17.5. The van der Waals surface area contributed by atoms with E-state index in [1.807, 2.05) is 0 Å². The molecule has 0 radical (unpaired) electrons. The van der Waals surface area contributed by atoms with Crippen LogP contribution in [0.1, 0.15) is 43.5 Å². The van der Waals surface area contributed by atoms with Crippen molar-refractivity contribution in [3.05, 3.63) is 23.8 Å². The molecule has 0 heterocycles. The number of amides is 1. The van der Waals surface area contributed by atoms with Crippen molar-refractivity contribution < 1.29 is 13.2 Å². The molecule has 0 fully saturated rings. The lowest BCUT2D eigenvalue weighted by atomic mass is 10.1. The Morgan fingerprint density at radius 1 is 1.24 bits per heavy atom. The van der Waals surface area contributed by atoms with Crippen LogP contribution < -0.4 is 11.1 Å².